The molecule has 3 aromatic carbocycles. The first-order chi connectivity index (χ1) is 14.3. The van der Waals surface area contributed by atoms with E-state index in [1.54, 1.807) is 18.9 Å². The molecule has 29 heavy (non-hydrogen) atoms. The van der Waals surface area contributed by atoms with Gasteiger partial charge in [-0.25, -0.2) is 4.98 Å². The molecule has 0 aliphatic rings. The van der Waals surface area contributed by atoms with E-state index in [0.717, 1.165) is 44.9 Å². The number of imidazole rings is 1. The fourth-order valence-electron chi connectivity index (χ4n) is 3.07. The number of ether oxygens (including phenoxy) is 2. The summed E-state index contributed by atoms with van der Waals surface area (Å²) in [7, 11) is 1.65. The van der Waals surface area contributed by atoms with Crippen molar-refractivity contribution in [1.82, 2.24) is 9.97 Å². The number of aromatic nitrogens is 2. The minimum absolute atomic E-state index is 0.563. The lowest BCUT2D eigenvalue weighted by atomic mass is 10.1. The highest BCUT2D eigenvalue weighted by Crippen LogP contribution is 2.32. The van der Waals surface area contributed by atoms with Gasteiger partial charge < -0.3 is 14.5 Å². The fourth-order valence-corrected chi connectivity index (χ4v) is 3.76. The zero-order valence-corrected chi connectivity index (χ0v) is 17.0. The van der Waals surface area contributed by atoms with Crippen LogP contribution in [0.25, 0.3) is 22.5 Å². The van der Waals surface area contributed by atoms with Gasteiger partial charge in [0.05, 0.1) is 25.1 Å². The van der Waals surface area contributed by atoms with Gasteiger partial charge in [0, 0.05) is 16.9 Å². The molecule has 0 bridgehead atoms. The molecule has 0 spiro atoms. The SMILES string of the molecule is COc1ccccc1OCCSc1nc(-c2ccccc2)c(-c2ccccc2)[nH]1. The zero-order chi connectivity index (χ0) is 19.9. The summed E-state index contributed by atoms with van der Waals surface area (Å²) in [6, 6.07) is 28.2. The van der Waals surface area contributed by atoms with E-state index in [-0.39, 0.29) is 0 Å². The molecule has 4 rings (SSSR count). The second-order valence-electron chi connectivity index (χ2n) is 6.35. The van der Waals surface area contributed by atoms with Crippen molar-refractivity contribution in [2.75, 3.05) is 19.5 Å². The molecule has 0 fully saturated rings. The van der Waals surface area contributed by atoms with E-state index in [0.29, 0.717) is 6.61 Å². The predicted octanol–water partition coefficient (Wildman–Crippen LogP) is 5.92. The van der Waals surface area contributed by atoms with Crippen molar-refractivity contribution < 1.29 is 9.47 Å². The number of nitrogens with one attached hydrogen (secondary N) is 1. The molecule has 4 aromatic rings. The highest BCUT2D eigenvalue weighted by molar-refractivity contribution is 7.99. The maximum Gasteiger partial charge on any atom is 0.166 e. The zero-order valence-electron chi connectivity index (χ0n) is 16.2. The van der Waals surface area contributed by atoms with Crippen LogP contribution in [0.2, 0.25) is 0 Å². The predicted molar refractivity (Wildman–Crippen MR) is 119 cm³/mol. The van der Waals surface area contributed by atoms with Gasteiger partial charge in [-0.1, -0.05) is 84.6 Å². The van der Waals surface area contributed by atoms with Crippen LogP contribution in [0.5, 0.6) is 11.5 Å². The maximum atomic E-state index is 5.87. The van der Waals surface area contributed by atoms with E-state index in [9.17, 15) is 0 Å². The number of nitrogens with zero attached hydrogens (tertiary/aromatic N) is 1. The largest absolute Gasteiger partial charge is 0.493 e. The van der Waals surface area contributed by atoms with Crippen LogP contribution in [0.15, 0.2) is 90.1 Å². The standard InChI is InChI=1S/C24H22N2O2S/c1-27-20-14-8-9-15-21(20)28-16-17-29-24-25-22(18-10-4-2-5-11-18)23(26-24)19-12-6-3-7-13-19/h2-15H,16-17H2,1H3,(H,25,26). The Hall–Kier alpha value is -3.18. The van der Waals surface area contributed by atoms with Crippen LogP contribution in [0, 0.1) is 0 Å². The van der Waals surface area contributed by atoms with Crippen LogP contribution in [-0.2, 0) is 0 Å². The van der Waals surface area contributed by atoms with E-state index in [1.807, 2.05) is 60.7 Å². The third-order valence-corrected chi connectivity index (χ3v) is 5.28. The smallest absolute Gasteiger partial charge is 0.166 e. The van der Waals surface area contributed by atoms with Crippen LogP contribution in [0.3, 0.4) is 0 Å². The first kappa shape index (κ1) is 19.2. The van der Waals surface area contributed by atoms with E-state index >= 15 is 0 Å². The topological polar surface area (TPSA) is 47.1 Å². The highest BCUT2D eigenvalue weighted by Gasteiger charge is 2.14. The summed E-state index contributed by atoms with van der Waals surface area (Å²) in [6.07, 6.45) is 0. The van der Waals surface area contributed by atoms with Gasteiger partial charge in [0.2, 0.25) is 0 Å². The molecule has 146 valence electrons. The van der Waals surface area contributed by atoms with Crippen LogP contribution in [0.1, 0.15) is 0 Å². The lowest BCUT2D eigenvalue weighted by Gasteiger charge is -2.09. The molecule has 0 amide bonds. The average Bonchev–Trinajstić information content (AvgIpc) is 3.22. The minimum atomic E-state index is 0.563. The summed E-state index contributed by atoms with van der Waals surface area (Å²) >= 11 is 1.64. The molecule has 1 aromatic heterocycles. The van der Waals surface area contributed by atoms with Crippen LogP contribution >= 0.6 is 11.8 Å². The van der Waals surface area contributed by atoms with Crippen molar-refractivity contribution in [3.05, 3.63) is 84.9 Å². The Kier molecular flexibility index (Phi) is 6.17. The summed E-state index contributed by atoms with van der Waals surface area (Å²) in [4.78, 5) is 8.35. The molecule has 1 heterocycles. The first-order valence-electron chi connectivity index (χ1n) is 9.44. The lowest BCUT2D eigenvalue weighted by molar-refractivity contribution is 0.313. The lowest BCUT2D eigenvalue weighted by Crippen LogP contribution is -2.01. The third kappa shape index (κ3) is 4.63. The van der Waals surface area contributed by atoms with Gasteiger partial charge in [-0.05, 0) is 12.1 Å². The molecule has 1 N–H and O–H groups in total. The van der Waals surface area contributed by atoms with Crippen LogP contribution < -0.4 is 9.47 Å². The molecule has 0 radical (unpaired) electrons. The van der Waals surface area contributed by atoms with Gasteiger partial charge >= 0.3 is 0 Å². The van der Waals surface area contributed by atoms with Crippen molar-refractivity contribution >= 4 is 11.8 Å². The molecule has 5 heteroatoms. The van der Waals surface area contributed by atoms with Crippen molar-refractivity contribution in [1.29, 1.82) is 0 Å². The third-order valence-electron chi connectivity index (χ3n) is 4.44. The molecule has 0 aliphatic heterocycles. The number of hydrogen-bond donors (Lipinski definition) is 1. The summed E-state index contributed by atoms with van der Waals surface area (Å²) < 4.78 is 11.2. The van der Waals surface area contributed by atoms with E-state index in [4.69, 9.17) is 14.5 Å². The number of rotatable bonds is 8. The van der Waals surface area contributed by atoms with Gasteiger partial charge in [-0.15, -0.1) is 0 Å². The summed E-state index contributed by atoms with van der Waals surface area (Å²) in [5, 5.41) is 0.881. The fraction of sp³-hybridized carbons (Fsp3) is 0.125. The van der Waals surface area contributed by atoms with E-state index in [1.165, 1.54) is 0 Å². The minimum Gasteiger partial charge on any atom is -0.493 e. The summed E-state index contributed by atoms with van der Waals surface area (Å²) in [6.45, 7) is 0.563. The maximum absolute atomic E-state index is 5.87. The Morgan fingerprint density at radius 1 is 0.793 bits per heavy atom. The van der Waals surface area contributed by atoms with E-state index in [2.05, 4.69) is 29.2 Å². The highest BCUT2D eigenvalue weighted by atomic mass is 32.2. The Bertz CT molecular complexity index is 992. The number of para-hydroxylation sites is 2. The van der Waals surface area contributed by atoms with Crippen LogP contribution in [-0.4, -0.2) is 29.4 Å². The van der Waals surface area contributed by atoms with Crippen molar-refractivity contribution in [2.24, 2.45) is 0 Å². The monoisotopic (exact) mass is 402 g/mol. The molecular weight excluding hydrogens is 380 g/mol. The number of H-pyrrole nitrogens is 1. The molecule has 0 unspecified atom stereocenters. The number of aromatic amines is 1. The van der Waals surface area contributed by atoms with Gasteiger partial charge in [-0.3, -0.25) is 0 Å². The normalized spacial score (nSPS) is 10.7. The Morgan fingerprint density at radius 2 is 1.41 bits per heavy atom. The van der Waals surface area contributed by atoms with Gasteiger partial charge in [0.25, 0.3) is 0 Å². The second-order valence-corrected chi connectivity index (χ2v) is 7.43. The molecule has 4 nitrogen and oxygen atoms in total. The molecule has 0 atom stereocenters. The quantitative estimate of drug-likeness (QED) is 0.293. The first-order valence-corrected chi connectivity index (χ1v) is 10.4. The number of hydrogen-bond acceptors (Lipinski definition) is 4. The number of thioether (sulfide) groups is 1. The van der Waals surface area contributed by atoms with Gasteiger partial charge in [0.1, 0.15) is 0 Å². The summed E-state index contributed by atoms with van der Waals surface area (Å²) in [5.41, 5.74) is 4.21. The second kappa shape index (κ2) is 9.34. The Labute approximate surface area is 174 Å². The number of methoxy groups -OCH3 is 1. The molecule has 0 saturated heterocycles. The summed E-state index contributed by atoms with van der Waals surface area (Å²) in [5.74, 6) is 2.27. The number of benzene rings is 3. The van der Waals surface area contributed by atoms with Gasteiger partial charge in [0.15, 0.2) is 16.7 Å². The van der Waals surface area contributed by atoms with Crippen LogP contribution in [0.4, 0.5) is 0 Å². The van der Waals surface area contributed by atoms with Crippen molar-refractivity contribution in [2.45, 2.75) is 5.16 Å². The molecular formula is C24H22N2O2S. The molecule has 0 saturated carbocycles. The van der Waals surface area contributed by atoms with Crippen molar-refractivity contribution in [3.63, 3.8) is 0 Å². The van der Waals surface area contributed by atoms with Gasteiger partial charge in [-0.2, -0.15) is 0 Å². The average molecular weight is 403 g/mol. The molecule has 0 aliphatic carbocycles. The van der Waals surface area contributed by atoms with E-state index < -0.39 is 0 Å². The van der Waals surface area contributed by atoms with Crippen molar-refractivity contribution in [3.8, 4) is 34.0 Å². The Morgan fingerprint density at radius 3 is 2.10 bits per heavy atom. The Balaban J connectivity index is 1.49.